The Hall–Kier alpha value is -1.06. The van der Waals surface area contributed by atoms with E-state index in [1.807, 2.05) is 6.92 Å². The topological polar surface area (TPSA) is 50.7 Å². The Morgan fingerprint density at radius 2 is 2.55 bits per heavy atom. The largest absolute Gasteiger partial charge is 0.467 e. The van der Waals surface area contributed by atoms with Gasteiger partial charge < -0.3 is 4.74 Å². The molecule has 0 saturated carbocycles. The van der Waals surface area contributed by atoms with Crippen LogP contribution < -0.4 is 5.43 Å². The Labute approximate surface area is 65.6 Å². The molecule has 4 heteroatoms. The summed E-state index contributed by atoms with van der Waals surface area (Å²) < 4.78 is 4.55. The van der Waals surface area contributed by atoms with Gasteiger partial charge in [0.2, 0.25) is 0 Å². The van der Waals surface area contributed by atoms with Crippen molar-refractivity contribution >= 4 is 11.7 Å². The number of hydrogen-bond acceptors (Lipinski definition) is 4. The van der Waals surface area contributed by atoms with Gasteiger partial charge in [-0.05, 0) is 19.8 Å². The molecule has 0 aromatic carbocycles. The molecule has 1 atom stereocenters. The van der Waals surface area contributed by atoms with Crippen LogP contribution in [0.5, 0.6) is 0 Å². The maximum absolute atomic E-state index is 10.9. The first-order valence-corrected chi connectivity index (χ1v) is 3.60. The van der Waals surface area contributed by atoms with E-state index in [1.165, 1.54) is 7.11 Å². The summed E-state index contributed by atoms with van der Waals surface area (Å²) >= 11 is 0. The van der Waals surface area contributed by atoms with Gasteiger partial charge in [-0.25, -0.2) is 4.79 Å². The number of methoxy groups -OCH3 is 1. The van der Waals surface area contributed by atoms with Gasteiger partial charge in [0, 0.05) is 5.71 Å². The maximum Gasteiger partial charge on any atom is 0.329 e. The second kappa shape index (κ2) is 3.37. The fraction of sp³-hybridized carbons (Fsp3) is 0.714. The fourth-order valence-corrected chi connectivity index (χ4v) is 0.975. The first kappa shape index (κ1) is 8.04. The van der Waals surface area contributed by atoms with Crippen LogP contribution in [-0.4, -0.2) is 24.8 Å². The Morgan fingerprint density at radius 3 is 3.00 bits per heavy atom. The molecule has 0 amide bonds. The number of nitrogens with one attached hydrogen (secondary N) is 1. The Morgan fingerprint density at radius 1 is 1.82 bits per heavy atom. The van der Waals surface area contributed by atoms with Crippen LogP contribution in [0.2, 0.25) is 0 Å². The van der Waals surface area contributed by atoms with E-state index in [2.05, 4.69) is 15.3 Å². The predicted molar refractivity (Wildman–Crippen MR) is 41.3 cm³/mol. The molecule has 1 N–H and O–H groups in total. The van der Waals surface area contributed by atoms with E-state index in [4.69, 9.17) is 0 Å². The van der Waals surface area contributed by atoms with Crippen molar-refractivity contribution in [2.75, 3.05) is 7.11 Å². The molecule has 0 unspecified atom stereocenters. The minimum absolute atomic E-state index is 0.235. The molecule has 0 aliphatic carbocycles. The number of ether oxygens (including phenoxy) is 1. The summed E-state index contributed by atoms with van der Waals surface area (Å²) in [5, 5.41) is 3.95. The van der Waals surface area contributed by atoms with Crippen LogP contribution in [0.15, 0.2) is 5.10 Å². The Balaban J connectivity index is 2.47. The molecular formula is C7H12N2O2. The van der Waals surface area contributed by atoms with Crippen LogP contribution in [0, 0.1) is 0 Å². The number of nitrogens with zero attached hydrogens (tertiary/aromatic N) is 1. The number of rotatable bonds is 1. The third kappa shape index (κ3) is 1.93. The molecule has 0 aromatic rings. The van der Waals surface area contributed by atoms with Gasteiger partial charge in [-0.15, -0.1) is 0 Å². The smallest absolute Gasteiger partial charge is 0.329 e. The van der Waals surface area contributed by atoms with Crippen LogP contribution in [0.3, 0.4) is 0 Å². The summed E-state index contributed by atoms with van der Waals surface area (Å²) in [5.41, 5.74) is 3.77. The predicted octanol–water partition coefficient (Wildman–Crippen LogP) is 0.287. The minimum Gasteiger partial charge on any atom is -0.467 e. The molecule has 1 aliphatic rings. The number of esters is 1. The third-order valence-electron chi connectivity index (χ3n) is 1.69. The second-order valence-corrected chi connectivity index (χ2v) is 2.59. The molecule has 1 aliphatic heterocycles. The Bertz CT molecular complexity index is 189. The summed E-state index contributed by atoms with van der Waals surface area (Å²) in [6.07, 6.45) is 1.65. The van der Waals surface area contributed by atoms with Gasteiger partial charge >= 0.3 is 5.97 Å². The number of hydrazone groups is 1. The molecule has 0 saturated heterocycles. The normalized spacial score (nSPS) is 23.5. The van der Waals surface area contributed by atoms with Crippen LogP contribution in [0.4, 0.5) is 0 Å². The van der Waals surface area contributed by atoms with Crippen molar-refractivity contribution in [1.82, 2.24) is 5.43 Å². The lowest BCUT2D eigenvalue weighted by Gasteiger charge is -2.18. The van der Waals surface area contributed by atoms with E-state index in [9.17, 15) is 4.79 Å². The highest BCUT2D eigenvalue weighted by molar-refractivity contribution is 5.84. The standard InChI is InChI=1S/C7H12N2O2/c1-5-3-4-6(9-8-5)7(10)11-2/h6,9H,3-4H2,1-2H3/t6-/m1/s1. The number of carbonyl (C=O) groups excluding carboxylic acids is 1. The summed E-state index contributed by atoms with van der Waals surface area (Å²) in [4.78, 5) is 10.9. The van der Waals surface area contributed by atoms with Crippen molar-refractivity contribution < 1.29 is 9.53 Å². The highest BCUT2D eigenvalue weighted by atomic mass is 16.5. The molecule has 1 heterocycles. The van der Waals surface area contributed by atoms with Gasteiger partial charge in [0.05, 0.1) is 7.11 Å². The molecule has 4 nitrogen and oxygen atoms in total. The summed E-state index contributed by atoms with van der Waals surface area (Å²) in [6, 6.07) is -0.247. The maximum atomic E-state index is 10.9. The molecule has 0 spiro atoms. The van der Waals surface area contributed by atoms with E-state index in [0.29, 0.717) is 0 Å². The average Bonchev–Trinajstić information content (AvgIpc) is 2.05. The molecule has 0 aromatic heterocycles. The van der Waals surface area contributed by atoms with Gasteiger partial charge in [-0.3, -0.25) is 5.43 Å². The van der Waals surface area contributed by atoms with Crippen LogP contribution >= 0.6 is 0 Å². The third-order valence-corrected chi connectivity index (χ3v) is 1.69. The van der Waals surface area contributed by atoms with Crippen LogP contribution in [-0.2, 0) is 9.53 Å². The molecule has 0 bridgehead atoms. The lowest BCUT2D eigenvalue weighted by Crippen LogP contribution is -2.38. The highest BCUT2D eigenvalue weighted by Crippen LogP contribution is 2.05. The van der Waals surface area contributed by atoms with E-state index in [-0.39, 0.29) is 12.0 Å². The number of hydrogen-bond donors (Lipinski definition) is 1. The van der Waals surface area contributed by atoms with E-state index >= 15 is 0 Å². The lowest BCUT2D eigenvalue weighted by atomic mass is 10.1. The molecule has 62 valence electrons. The van der Waals surface area contributed by atoms with Gasteiger partial charge in [-0.2, -0.15) is 5.10 Å². The quantitative estimate of drug-likeness (QED) is 0.555. The summed E-state index contributed by atoms with van der Waals surface area (Å²) in [5.74, 6) is -0.235. The summed E-state index contributed by atoms with van der Waals surface area (Å²) in [6.45, 7) is 1.93. The van der Waals surface area contributed by atoms with Crippen molar-refractivity contribution in [2.45, 2.75) is 25.8 Å². The molecule has 11 heavy (non-hydrogen) atoms. The van der Waals surface area contributed by atoms with Gasteiger partial charge in [0.25, 0.3) is 0 Å². The fourth-order valence-electron chi connectivity index (χ4n) is 0.975. The van der Waals surface area contributed by atoms with Crippen LogP contribution in [0.1, 0.15) is 19.8 Å². The SMILES string of the molecule is COC(=O)[C@H]1CCC(C)=NN1. The van der Waals surface area contributed by atoms with Crippen molar-refractivity contribution in [2.24, 2.45) is 5.10 Å². The molecule has 1 rings (SSSR count). The van der Waals surface area contributed by atoms with E-state index in [1.54, 1.807) is 0 Å². The average molecular weight is 156 g/mol. The van der Waals surface area contributed by atoms with Gasteiger partial charge in [-0.1, -0.05) is 0 Å². The zero-order valence-electron chi connectivity index (χ0n) is 6.76. The first-order chi connectivity index (χ1) is 5.24. The monoisotopic (exact) mass is 156 g/mol. The zero-order chi connectivity index (χ0) is 8.27. The zero-order valence-corrected chi connectivity index (χ0v) is 6.76. The van der Waals surface area contributed by atoms with E-state index < -0.39 is 0 Å². The highest BCUT2D eigenvalue weighted by Gasteiger charge is 2.20. The van der Waals surface area contributed by atoms with Crippen molar-refractivity contribution in [1.29, 1.82) is 0 Å². The molecule has 0 fully saturated rings. The molecular weight excluding hydrogens is 144 g/mol. The van der Waals surface area contributed by atoms with Crippen molar-refractivity contribution in [3.05, 3.63) is 0 Å². The van der Waals surface area contributed by atoms with Gasteiger partial charge in [0.15, 0.2) is 0 Å². The first-order valence-electron chi connectivity index (χ1n) is 3.60. The van der Waals surface area contributed by atoms with E-state index in [0.717, 1.165) is 18.6 Å². The van der Waals surface area contributed by atoms with Crippen LogP contribution in [0.25, 0.3) is 0 Å². The van der Waals surface area contributed by atoms with Crippen molar-refractivity contribution in [3.8, 4) is 0 Å². The summed E-state index contributed by atoms with van der Waals surface area (Å²) in [7, 11) is 1.38. The van der Waals surface area contributed by atoms with Gasteiger partial charge in [0.1, 0.15) is 6.04 Å². The second-order valence-electron chi connectivity index (χ2n) is 2.59. The number of carbonyl (C=O) groups is 1. The lowest BCUT2D eigenvalue weighted by molar-refractivity contribution is -0.143. The minimum atomic E-state index is -0.247. The van der Waals surface area contributed by atoms with Crippen molar-refractivity contribution in [3.63, 3.8) is 0 Å². The molecule has 0 radical (unpaired) electrons. The Kier molecular flexibility index (Phi) is 2.46.